The molecule has 5 rings (SSSR count). The number of carbonyl (C=O) groups excluding carboxylic acids is 1. The van der Waals surface area contributed by atoms with Gasteiger partial charge in [-0.05, 0) is 57.6 Å². The third-order valence-electron chi connectivity index (χ3n) is 7.17. The second kappa shape index (κ2) is 8.75. The highest BCUT2D eigenvalue weighted by atomic mass is 16.7. The van der Waals surface area contributed by atoms with E-state index in [0.717, 1.165) is 35.0 Å². The van der Waals surface area contributed by atoms with Gasteiger partial charge in [0.15, 0.2) is 17.8 Å². The van der Waals surface area contributed by atoms with Crippen LogP contribution in [0.5, 0.6) is 11.5 Å². The number of benzene rings is 1. The quantitative estimate of drug-likeness (QED) is 0.369. The van der Waals surface area contributed by atoms with Crippen LogP contribution in [0.4, 0.5) is 0 Å². The number of hydrogen-bond acceptors (Lipinski definition) is 8. The molecule has 184 valence electrons. The number of fused-ring (bicyclic) bond motifs is 5. The minimum atomic E-state index is -1.73. The Kier molecular flexibility index (Phi) is 5.86. The Morgan fingerprint density at radius 1 is 1.29 bits per heavy atom. The third kappa shape index (κ3) is 3.71. The molecule has 0 spiro atoms. The first-order chi connectivity index (χ1) is 16.8. The van der Waals surface area contributed by atoms with Crippen molar-refractivity contribution in [2.45, 2.75) is 45.4 Å². The number of hydrogen-bond donors (Lipinski definition) is 2. The molecule has 0 saturated carbocycles. The van der Waals surface area contributed by atoms with Gasteiger partial charge in [0.1, 0.15) is 5.60 Å². The van der Waals surface area contributed by atoms with Crippen molar-refractivity contribution in [2.75, 3.05) is 26.9 Å². The van der Waals surface area contributed by atoms with Crippen molar-refractivity contribution in [3.63, 3.8) is 0 Å². The van der Waals surface area contributed by atoms with Gasteiger partial charge in [0.2, 0.25) is 6.79 Å². The van der Waals surface area contributed by atoms with Gasteiger partial charge in [0.25, 0.3) is 5.56 Å². The molecule has 1 atom stereocenters. The molecule has 0 unspecified atom stereocenters. The average Bonchev–Trinajstić information content (AvgIpc) is 3.47. The normalized spacial score (nSPS) is 15.4. The van der Waals surface area contributed by atoms with Crippen LogP contribution in [0.1, 0.15) is 42.0 Å². The number of nitrogens with zero attached hydrogens (tertiary/aromatic N) is 3. The summed E-state index contributed by atoms with van der Waals surface area (Å²) in [4.78, 5) is 32.4. The van der Waals surface area contributed by atoms with E-state index >= 15 is 0 Å². The summed E-state index contributed by atoms with van der Waals surface area (Å²) in [7, 11) is 2.04. The zero-order valence-corrected chi connectivity index (χ0v) is 20.3. The predicted octanol–water partition coefficient (Wildman–Crippen LogP) is 2.04. The van der Waals surface area contributed by atoms with Gasteiger partial charge >= 0.3 is 0 Å². The number of aromatic nitrogens is 2. The van der Waals surface area contributed by atoms with Gasteiger partial charge in [-0.2, -0.15) is 0 Å². The molecule has 2 aliphatic heterocycles. The van der Waals surface area contributed by atoms with Crippen molar-refractivity contribution in [1.82, 2.24) is 14.5 Å². The molecule has 0 radical (unpaired) electrons. The van der Waals surface area contributed by atoms with Gasteiger partial charge in [-0.3, -0.25) is 9.59 Å². The molecule has 0 aliphatic carbocycles. The molecule has 3 aromatic rings. The van der Waals surface area contributed by atoms with E-state index in [1.54, 1.807) is 24.5 Å². The number of rotatable bonds is 8. The van der Waals surface area contributed by atoms with E-state index in [-0.39, 0.29) is 18.8 Å². The molecule has 0 fully saturated rings. The summed E-state index contributed by atoms with van der Waals surface area (Å²) >= 11 is 0. The molecule has 2 aromatic heterocycles. The molecule has 3 N–H and O–H groups in total. The van der Waals surface area contributed by atoms with E-state index in [1.807, 2.05) is 19.2 Å². The van der Waals surface area contributed by atoms with E-state index in [0.29, 0.717) is 59.9 Å². The van der Waals surface area contributed by atoms with Gasteiger partial charge in [0, 0.05) is 34.7 Å². The van der Waals surface area contributed by atoms with Crippen LogP contribution in [0, 0.1) is 6.92 Å². The fourth-order valence-corrected chi connectivity index (χ4v) is 5.08. The topological polar surface area (TPSA) is 120 Å². The molecule has 1 aromatic carbocycles. The van der Waals surface area contributed by atoms with E-state index in [4.69, 9.17) is 20.2 Å². The lowest BCUT2D eigenvalue weighted by atomic mass is 9.89. The van der Waals surface area contributed by atoms with Gasteiger partial charge < -0.3 is 29.8 Å². The first kappa shape index (κ1) is 23.5. The molecule has 0 bridgehead atoms. The van der Waals surface area contributed by atoms with Crippen molar-refractivity contribution in [3.05, 3.63) is 50.8 Å². The largest absolute Gasteiger partial charge is 0.454 e. The summed E-state index contributed by atoms with van der Waals surface area (Å²) in [5, 5.41) is 11.9. The number of aldehydes is 1. The summed E-state index contributed by atoms with van der Waals surface area (Å²) in [6.07, 6.45) is 1.55. The van der Waals surface area contributed by atoms with Crippen LogP contribution < -0.4 is 20.8 Å². The average molecular weight is 479 g/mol. The van der Waals surface area contributed by atoms with Gasteiger partial charge in [-0.15, -0.1) is 0 Å². The molecule has 2 aliphatic rings. The van der Waals surface area contributed by atoms with E-state index in [2.05, 4.69) is 4.90 Å². The van der Waals surface area contributed by atoms with Crippen LogP contribution in [-0.2, 0) is 23.5 Å². The number of aliphatic hydroxyl groups is 1. The highest BCUT2D eigenvalue weighted by Gasteiger charge is 2.34. The molecule has 9 heteroatoms. The number of ether oxygens (including phenoxy) is 2. The predicted molar refractivity (Wildman–Crippen MR) is 132 cm³/mol. The minimum Gasteiger partial charge on any atom is -0.454 e. The van der Waals surface area contributed by atoms with Gasteiger partial charge in [0.05, 0.1) is 23.4 Å². The van der Waals surface area contributed by atoms with Crippen molar-refractivity contribution >= 4 is 17.2 Å². The molecule has 4 heterocycles. The molecule has 0 saturated heterocycles. The van der Waals surface area contributed by atoms with Crippen LogP contribution in [0.2, 0.25) is 0 Å². The smallest absolute Gasteiger partial charge is 0.254 e. The maximum Gasteiger partial charge on any atom is 0.254 e. The van der Waals surface area contributed by atoms with E-state index in [9.17, 15) is 14.7 Å². The minimum absolute atomic E-state index is 0.166. The Morgan fingerprint density at radius 3 is 2.71 bits per heavy atom. The Morgan fingerprint density at radius 2 is 2.03 bits per heavy atom. The SMILES string of the molecule is CC[C@@](O)(C=O)c1cc2n(c(=O)c1C)Cc1c-2nc2cc3c(cc2c1CN(C)CCCN)OCO3. The number of carbonyl (C=O) groups is 1. The van der Waals surface area contributed by atoms with E-state index in [1.165, 1.54) is 0 Å². The number of pyridine rings is 2. The highest BCUT2D eigenvalue weighted by molar-refractivity contribution is 5.91. The third-order valence-corrected chi connectivity index (χ3v) is 7.17. The lowest BCUT2D eigenvalue weighted by Gasteiger charge is -2.23. The Bertz CT molecular complexity index is 1400. The summed E-state index contributed by atoms with van der Waals surface area (Å²) in [5.74, 6) is 1.31. The molecular formula is C26H30N4O5. The lowest BCUT2D eigenvalue weighted by molar-refractivity contribution is -0.125. The lowest BCUT2D eigenvalue weighted by Crippen LogP contribution is -2.33. The zero-order chi connectivity index (χ0) is 24.9. The van der Waals surface area contributed by atoms with Gasteiger partial charge in [-0.25, -0.2) is 4.98 Å². The summed E-state index contributed by atoms with van der Waals surface area (Å²) < 4.78 is 12.9. The Balaban J connectivity index is 1.75. The number of nitrogens with two attached hydrogens (primary N) is 1. The van der Waals surface area contributed by atoms with Gasteiger partial charge in [-0.1, -0.05) is 6.92 Å². The fourth-order valence-electron chi connectivity index (χ4n) is 5.08. The van der Waals surface area contributed by atoms with Crippen LogP contribution in [0.15, 0.2) is 23.0 Å². The monoisotopic (exact) mass is 478 g/mol. The zero-order valence-electron chi connectivity index (χ0n) is 20.3. The summed E-state index contributed by atoms with van der Waals surface area (Å²) in [6.45, 7) is 5.99. The standard InChI is InChI=1S/C26H30N4O5/c1-4-26(33,13-31)19-9-21-24-18(12-30(21)25(32)15(19)2)17(11-29(3)7-5-6-27)16-8-22-23(35-14-34-22)10-20(16)28-24/h8-10,13,33H,4-7,11-12,14,27H2,1-3H3/t26-/m1/s1. The van der Waals surface area contributed by atoms with Crippen LogP contribution in [0.3, 0.4) is 0 Å². The van der Waals surface area contributed by atoms with E-state index < -0.39 is 5.60 Å². The highest BCUT2D eigenvalue weighted by Crippen LogP contribution is 2.42. The van der Waals surface area contributed by atoms with Crippen molar-refractivity contribution in [2.24, 2.45) is 5.73 Å². The maximum atomic E-state index is 13.4. The Labute approximate surface area is 203 Å². The van der Waals surface area contributed by atoms with Crippen molar-refractivity contribution < 1.29 is 19.4 Å². The van der Waals surface area contributed by atoms with Crippen LogP contribution >= 0.6 is 0 Å². The van der Waals surface area contributed by atoms with Crippen molar-refractivity contribution in [1.29, 1.82) is 0 Å². The first-order valence-electron chi connectivity index (χ1n) is 11.9. The molecule has 9 nitrogen and oxygen atoms in total. The van der Waals surface area contributed by atoms with Crippen molar-refractivity contribution in [3.8, 4) is 22.9 Å². The fraction of sp³-hybridized carbons (Fsp3) is 0.423. The molecular weight excluding hydrogens is 448 g/mol. The molecule has 0 amide bonds. The maximum absolute atomic E-state index is 13.4. The van der Waals surface area contributed by atoms with Crippen LogP contribution in [-0.4, -0.2) is 52.8 Å². The second-order valence-corrected chi connectivity index (χ2v) is 9.38. The summed E-state index contributed by atoms with van der Waals surface area (Å²) in [6, 6.07) is 5.57. The summed E-state index contributed by atoms with van der Waals surface area (Å²) in [5.41, 5.74) is 8.49. The second-order valence-electron chi connectivity index (χ2n) is 9.38. The molecule has 35 heavy (non-hydrogen) atoms. The Hall–Kier alpha value is -3.27. The van der Waals surface area contributed by atoms with Crippen LogP contribution in [0.25, 0.3) is 22.3 Å². The first-order valence-corrected chi connectivity index (χ1v) is 11.9.